The lowest BCUT2D eigenvalue weighted by molar-refractivity contribution is -0.115. The van der Waals surface area contributed by atoms with Gasteiger partial charge in [0.1, 0.15) is 0 Å². The number of halogens is 1. The summed E-state index contributed by atoms with van der Waals surface area (Å²) in [6.45, 7) is 6.07. The number of pyridine rings is 1. The number of fused-ring (bicyclic) bond motifs is 1. The van der Waals surface area contributed by atoms with Crippen molar-refractivity contribution in [1.29, 1.82) is 0 Å². The van der Waals surface area contributed by atoms with E-state index in [4.69, 9.17) is 11.6 Å². The van der Waals surface area contributed by atoms with Crippen LogP contribution in [0.1, 0.15) is 35.9 Å². The summed E-state index contributed by atoms with van der Waals surface area (Å²) >= 11 is 7.83. The molecule has 1 aliphatic carbocycles. The summed E-state index contributed by atoms with van der Waals surface area (Å²) in [5.74, 6) is 0.0946. The molecule has 126 valence electrons. The summed E-state index contributed by atoms with van der Waals surface area (Å²) in [7, 11) is 0. The number of carbonyl (C=O) groups is 1. The first-order valence-corrected chi connectivity index (χ1v) is 9.28. The van der Waals surface area contributed by atoms with Crippen LogP contribution in [-0.2, 0) is 4.79 Å². The fourth-order valence-corrected chi connectivity index (χ4v) is 3.84. The summed E-state index contributed by atoms with van der Waals surface area (Å²) in [5, 5.41) is 2.63. The van der Waals surface area contributed by atoms with Gasteiger partial charge < -0.3 is 0 Å². The van der Waals surface area contributed by atoms with Gasteiger partial charge in [-0.2, -0.15) is 0 Å². The molecule has 0 saturated heterocycles. The molecule has 1 aliphatic rings. The summed E-state index contributed by atoms with van der Waals surface area (Å²) < 4.78 is 0. The average molecular weight is 368 g/mol. The zero-order chi connectivity index (χ0) is 17.8. The van der Waals surface area contributed by atoms with Crippen LogP contribution in [0.5, 0.6) is 0 Å². The Kier molecular flexibility index (Phi) is 5.47. The van der Waals surface area contributed by atoms with E-state index < -0.39 is 0 Å². The highest BCUT2D eigenvalue weighted by molar-refractivity contribution is 7.11. The molecule has 0 radical (unpaired) electrons. The Morgan fingerprint density at radius 1 is 1.32 bits per heavy atom. The number of ketones is 1. The van der Waals surface area contributed by atoms with Crippen molar-refractivity contribution in [3.05, 3.63) is 81.3 Å². The molecule has 0 aliphatic heterocycles. The van der Waals surface area contributed by atoms with E-state index in [-0.39, 0.29) is 5.78 Å². The molecular formula is C21H18ClNOS. The first-order chi connectivity index (χ1) is 12.1. The van der Waals surface area contributed by atoms with Gasteiger partial charge in [-0.1, -0.05) is 36.4 Å². The lowest BCUT2D eigenvalue weighted by Gasteiger charge is -2.09. The van der Waals surface area contributed by atoms with Gasteiger partial charge in [0, 0.05) is 23.1 Å². The van der Waals surface area contributed by atoms with E-state index in [1.165, 1.54) is 10.4 Å². The van der Waals surface area contributed by atoms with Crippen molar-refractivity contribution in [1.82, 2.24) is 4.98 Å². The Hall–Kier alpha value is -2.23. The summed E-state index contributed by atoms with van der Waals surface area (Å²) in [6, 6.07) is 5.65. The zero-order valence-corrected chi connectivity index (χ0v) is 15.5. The van der Waals surface area contributed by atoms with Crippen LogP contribution in [0, 0.1) is 0 Å². The van der Waals surface area contributed by atoms with Crippen molar-refractivity contribution in [2.45, 2.75) is 19.8 Å². The number of thiophene rings is 1. The van der Waals surface area contributed by atoms with Crippen LogP contribution in [0.3, 0.4) is 0 Å². The smallest absolute Gasteiger partial charge is 0.163 e. The molecule has 3 rings (SSSR count). The van der Waals surface area contributed by atoms with Crippen LogP contribution in [0.15, 0.2) is 60.2 Å². The highest BCUT2D eigenvalue weighted by Gasteiger charge is 2.13. The van der Waals surface area contributed by atoms with Crippen LogP contribution in [0.25, 0.3) is 17.2 Å². The second kappa shape index (κ2) is 7.77. The van der Waals surface area contributed by atoms with Crippen molar-refractivity contribution in [2.75, 3.05) is 0 Å². The standard InChI is InChI=1S/C21H18ClNOS/c1-14(20-18(22)7-4-11-23-20)8-9-19(24)17-6-3-5-16-10-12-25-21(16)15(2)13-17/h3-7,10-13H,1,8-9H2,2H3/b5-3?,6-3?,15-13-,16-5?,17-6+,17-13?,21-15?. The van der Waals surface area contributed by atoms with Gasteiger partial charge in [-0.05, 0) is 59.7 Å². The number of aromatic nitrogens is 1. The first-order valence-electron chi connectivity index (χ1n) is 8.02. The molecule has 0 spiro atoms. The summed E-state index contributed by atoms with van der Waals surface area (Å²) in [5.41, 5.74) is 4.47. The third kappa shape index (κ3) is 4.06. The van der Waals surface area contributed by atoms with Crippen molar-refractivity contribution >= 4 is 45.9 Å². The van der Waals surface area contributed by atoms with E-state index in [2.05, 4.69) is 23.0 Å². The maximum Gasteiger partial charge on any atom is 0.163 e. The largest absolute Gasteiger partial charge is 0.294 e. The number of nitrogens with zero attached hydrogens (tertiary/aromatic N) is 1. The van der Waals surface area contributed by atoms with Gasteiger partial charge in [-0.25, -0.2) is 0 Å². The fraction of sp³-hybridized carbons (Fsp3) is 0.143. The molecule has 2 heterocycles. The minimum Gasteiger partial charge on any atom is -0.294 e. The second-order valence-corrected chi connectivity index (χ2v) is 7.20. The predicted octanol–water partition coefficient (Wildman–Crippen LogP) is 6.22. The second-order valence-electron chi connectivity index (χ2n) is 5.87. The Bertz CT molecular complexity index is 917. The molecule has 0 bridgehead atoms. The predicted molar refractivity (Wildman–Crippen MR) is 108 cm³/mol. The van der Waals surface area contributed by atoms with Crippen molar-refractivity contribution in [3.63, 3.8) is 0 Å². The van der Waals surface area contributed by atoms with Gasteiger partial charge in [-0.3, -0.25) is 9.78 Å². The molecule has 4 heteroatoms. The molecule has 0 amide bonds. The molecule has 2 nitrogen and oxygen atoms in total. The molecule has 0 unspecified atom stereocenters. The van der Waals surface area contributed by atoms with Gasteiger partial charge in [-0.15, -0.1) is 11.3 Å². The number of hydrogen-bond donors (Lipinski definition) is 0. The van der Waals surface area contributed by atoms with Crippen LogP contribution >= 0.6 is 22.9 Å². The Morgan fingerprint density at radius 3 is 2.96 bits per heavy atom. The van der Waals surface area contributed by atoms with Crippen molar-refractivity contribution in [2.24, 2.45) is 0 Å². The first kappa shape index (κ1) is 17.6. The fourth-order valence-electron chi connectivity index (χ4n) is 2.72. The quantitative estimate of drug-likeness (QED) is 0.628. The SMILES string of the molecule is C=C(CCC(=O)C1=C/C=Cc2ccsc2/C(C)=C\1)c1ncccc1Cl. The van der Waals surface area contributed by atoms with E-state index >= 15 is 0 Å². The maximum atomic E-state index is 12.6. The molecule has 0 saturated carbocycles. The number of Topliss-reactive ketones (excluding diaryl/α,β-unsaturated/α-hetero) is 1. The zero-order valence-electron chi connectivity index (χ0n) is 14.0. The highest BCUT2D eigenvalue weighted by Crippen LogP contribution is 2.30. The Balaban J connectivity index is 1.71. The molecule has 0 atom stereocenters. The minimum atomic E-state index is 0.0946. The number of rotatable bonds is 5. The summed E-state index contributed by atoms with van der Waals surface area (Å²) in [6.07, 6.45) is 10.4. The van der Waals surface area contributed by atoms with E-state index in [0.29, 0.717) is 29.1 Å². The van der Waals surface area contributed by atoms with Gasteiger partial charge in [0.15, 0.2) is 5.78 Å². The maximum absolute atomic E-state index is 12.6. The molecule has 0 aromatic carbocycles. The lowest BCUT2D eigenvalue weighted by Crippen LogP contribution is -2.02. The Labute approximate surface area is 156 Å². The van der Waals surface area contributed by atoms with Crippen LogP contribution in [0.4, 0.5) is 0 Å². The van der Waals surface area contributed by atoms with Gasteiger partial charge >= 0.3 is 0 Å². The molecule has 2 aromatic rings. The van der Waals surface area contributed by atoms with Crippen LogP contribution in [-0.4, -0.2) is 10.8 Å². The monoisotopic (exact) mass is 367 g/mol. The van der Waals surface area contributed by atoms with Crippen LogP contribution in [0.2, 0.25) is 5.02 Å². The van der Waals surface area contributed by atoms with E-state index in [1.54, 1.807) is 29.7 Å². The molecule has 0 N–H and O–H groups in total. The van der Waals surface area contributed by atoms with Gasteiger partial charge in [0.05, 0.1) is 10.7 Å². The molecule has 2 aromatic heterocycles. The normalized spacial score (nSPS) is 17.5. The molecular weight excluding hydrogens is 350 g/mol. The molecule has 25 heavy (non-hydrogen) atoms. The van der Waals surface area contributed by atoms with Crippen LogP contribution < -0.4 is 0 Å². The summed E-state index contributed by atoms with van der Waals surface area (Å²) in [4.78, 5) is 18.1. The molecule has 0 fully saturated rings. The van der Waals surface area contributed by atoms with Crippen molar-refractivity contribution < 1.29 is 4.79 Å². The topological polar surface area (TPSA) is 30.0 Å². The number of allylic oxidation sites excluding steroid dienone is 6. The third-order valence-corrected chi connectivity index (χ3v) is 5.42. The number of carbonyl (C=O) groups excluding carboxylic acids is 1. The highest BCUT2D eigenvalue weighted by atomic mass is 35.5. The minimum absolute atomic E-state index is 0.0946. The van der Waals surface area contributed by atoms with Gasteiger partial charge in [0.25, 0.3) is 0 Å². The van der Waals surface area contributed by atoms with E-state index in [9.17, 15) is 4.79 Å². The average Bonchev–Trinajstić information content (AvgIpc) is 3.05. The third-order valence-electron chi connectivity index (χ3n) is 4.05. The lowest BCUT2D eigenvalue weighted by atomic mass is 9.97. The van der Waals surface area contributed by atoms with E-state index in [0.717, 1.165) is 11.1 Å². The number of hydrogen-bond acceptors (Lipinski definition) is 3. The van der Waals surface area contributed by atoms with E-state index in [1.807, 2.05) is 31.2 Å². The van der Waals surface area contributed by atoms with Gasteiger partial charge in [0.2, 0.25) is 0 Å². The Morgan fingerprint density at radius 2 is 2.16 bits per heavy atom. The van der Waals surface area contributed by atoms with Crippen molar-refractivity contribution in [3.8, 4) is 0 Å².